The third-order valence-electron chi connectivity index (χ3n) is 5.25. The summed E-state index contributed by atoms with van der Waals surface area (Å²) in [5, 5.41) is 6.19. The Hall–Kier alpha value is -1.44. The van der Waals surface area contributed by atoms with Gasteiger partial charge < -0.3 is 10.6 Å². The molecule has 6 nitrogen and oxygen atoms in total. The summed E-state index contributed by atoms with van der Waals surface area (Å²) in [4.78, 5) is 12.1. The van der Waals surface area contributed by atoms with E-state index in [0.717, 1.165) is 43.4 Å². The van der Waals surface area contributed by atoms with Gasteiger partial charge in [-0.15, -0.1) is 0 Å². The Morgan fingerprint density at radius 1 is 1.31 bits per heavy atom. The van der Waals surface area contributed by atoms with E-state index in [-0.39, 0.29) is 23.6 Å². The molecule has 2 aliphatic heterocycles. The van der Waals surface area contributed by atoms with Gasteiger partial charge >= 0.3 is 0 Å². The van der Waals surface area contributed by atoms with Crippen molar-refractivity contribution in [2.24, 2.45) is 5.92 Å². The van der Waals surface area contributed by atoms with Crippen LogP contribution < -0.4 is 10.6 Å². The topological polar surface area (TPSA) is 78.5 Å². The van der Waals surface area contributed by atoms with Crippen molar-refractivity contribution in [1.82, 2.24) is 14.9 Å². The zero-order chi connectivity index (χ0) is 18.6. The lowest BCUT2D eigenvalue weighted by Gasteiger charge is -2.32. The first-order valence-corrected chi connectivity index (χ1v) is 11.1. The molecule has 2 N–H and O–H groups in total. The third-order valence-corrected chi connectivity index (χ3v) is 7.07. The molecule has 3 rings (SSSR count). The largest absolute Gasteiger partial charge is 0.354 e. The van der Waals surface area contributed by atoms with Gasteiger partial charge in [0.1, 0.15) is 0 Å². The van der Waals surface area contributed by atoms with Crippen molar-refractivity contribution < 1.29 is 13.2 Å². The van der Waals surface area contributed by atoms with Gasteiger partial charge in [0.25, 0.3) is 0 Å². The lowest BCUT2D eigenvalue weighted by molar-refractivity contribution is -0.123. The fourth-order valence-electron chi connectivity index (χ4n) is 3.83. The van der Waals surface area contributed by atoms with Crippen LogP contribution in [0.2, 0.25) is 0 Å². The highest BCUT2D eigenvalue weighted by atomic mass is 32.2. The van der Waals surface area contributed by atoms with E-state index >= 15 is 0 Å². The number of carbonyl (C=O) groups excluding carboxylic acids is 1. The Morgan fingerprint density at radius 3 is 2.88 bits per heavy atom. The maximum Gasteiger partial charge on any atom is 0.237 e. The number of nitrogens with one attached hydrogen (secondary N) is 2. The van der Waals surface area contributed by atoms with Gasteiger partial charge in [-0.3, -0.25) is 4.79 Å². The standard InChI is InChI=1S/C19H29N3O3S/c1-15-5-2-6-16(11-15)14-26(24,25)22-10-4-7-17(13-22)12-21-19(23)18-8-3-9-20-18/h2,5-6,11,17-18,20H,3-4,7-10,12-14H2,1H3,(H,21,23). The minimum absolute atomic E-state index is 0.0414. The number of benzene rings is 1. The second-order valence-electron chi connectivity index (χ2n) is 7.51. The second kappa shape index (κ2) is 8.50. The van der Waals surface area contributed by atoms with Gasteiger partial charge in [-0.2, -0.15) is 0 Å². The molecule has 7 heteroatoms. The normalized spacial score (nSPS) is 24.5. The van der Waals surface area contributed by atoms with Gasteiger partial charge in [0.15, 0.2) is 0 Å². The smallest absolute Gasteiger partial charge is 0.237 e. The van der Waals surface area contributed by atoms with Crippen molar-refractivity contribution in [3.8, 4) is 0 Å². The number of sulfonamides is 1. The van der Waals surface area contributed by atoms with E-state index in [9.17, 15) is 13.2 Å². The van der Waals surface area contributed by atoms with E-state index in [2.05, 4.69) is 10.6 Å². The van der Waals surface area contributed by atoms with Crippen LogP contribution in [0.25, 0.3) is 0 Å². The van der Waals surface area contributed by atoms with Crippen molar-refractivity contribution in [3.05, 3.63) is 35.4 Å². The van der Waals surface area contributed by atoms with E-state index < -0.39 is 10.0 Å². The first-order valence-electron chi connectivity index (χ1n) is 9.48. The molecule has 2 heterocycles. The number of aryl methyl sites for hydroxylation is 1. The van der Waals surface area contributed by atoms with Gasteiger partial charge in [0.2, 0.25) is 15.9 Å². The number of rotatable bonds is 6. The molecule has 26 heavy (non-hydrogen) atoms. The van der Waals surface area contributed by atoms with E-state index in [1.807, 2.05) is 31.2 Å². The molecule has 0 bridgehead atoms. The van der Waals surface area contributed by atoms with Crippen molar-refractivity contribution in [2.45, 2.75) is 44.4 Å². The van der Waals surface area contributed by atoms with Gasteiger partial charge in [-0.05, 0) is 50.6 Å². The molecule has 1 aromatic rings. The quantitative estimate of drug-likeness (QED) is 0.783. The molecule has 0 spiro atoms. The Bertz CT molecular complexity index is 729. The minimum atomic E-state index is -3.33. The van der Waals surface area contributed by atoms with E-state index in [4.69, 9.17) is 0 Å². The van der Waals surface area contributed by atoms with Crippen molar-refractivity contribution >= 4 is 15.9 Å². The highest BCUT2D eigenvalue weighted by Gasteiger charge is 2.30. The molecule has 0 aliphatic carbocycles. The highest BCUT2D eigenvalue weighted by Crippen LogP contribution is 2.21. The van der Waals surface area contributed by atoms with Gasteiger partial charge in [-0.1, -0.05) is 29.8 Å². The van der Waals surface area contributed by atoms with Crippen LogP contribution >= 0.6 is 0 Å². The lowest BCUT2D eigenvalue weighted by Crippen LogP contribution is -2.46. The minimum Gasteiger partial charge on any atom is -0.354 e. The summed E-state index contributed by atoms with van der Waals surface area (Å²) >= 11 is 0. The number of hydrogen-bond acceptors (Lipinski definition) is 4. The summed E-state index contributed by atoms with van der Waals surface area (Å²) in [6, 6.07) is 7.56. The van der Waals surface area contributed by atoms with Crippen LogP contribution in [0.3, 0.4) is 0 Å². The average molecular weight is 380 g/mol. The first-order chi connectivity index (χ1) is 12.4. The molecule has 144 valence electrons. The van der Waals surface area contributed by atoms with Crippen LogP contribution in [-0.2, 0) is 20.6 Å². The zero-order valence-electron chi connectivity index (χ0n) is 15.4. The van der Waals surface area contributed by atoms with Crippen molar-refractivity contribution in [2.75, 3.05) is 26.2 Å². The zero-order valence-corrected chi connectivity index (χ0v) is 16.2. The van der Waals surface area contributed by atoms with Crippen molar-refractivity contribution in [1.29, 1.82) is 0 Å². The molecule has 0 saturated carbocycles. The summed E-state index contributed by atoms with van der Waals surface area (Å²) in [5.41, 5.74) is 1.89. The van der Waals surface area contributed by atoms with Crippen molar-refractivity contribution in [3.63, 3.8) is 0 Å². The predicted molar refractivity (Wildman–Crippen MR) is 102 cm³/mol. The molecule has 0 radical (unpaired) electrons. The monoisotopic (exact) mass is 379 g/mol. The number of amides is 1. The fraction of sp³-hybridized carbons (Fsp3) is 0.632. The number of hydrogen-bond donors (Lipinski definition) is 2. The summed E-state index contributed by atoms with van der Waals surface area (Å²) < 4.78 is 27.2. The maximum atomic E-state index is 12.8. The molecule has 0 aromatic heterocycles. The number of nitrogens with zero attached hydrogens (tertiary/aromatic N) is 1. The average Bonchev–Trinajstić information content (AvgIpc) is 3.14. The van der Waals surface area contributed by atoms with Crippen LogP contribution in [0.4, 0.5) is 0 Å². The van der Waals surface area contributed by atoms with E-state index in [0.29, 0.717) is 19.6 Å². The molecule has 2 atom stereocenters. The van der Waals surface area contributed by atoms with E-state index in [1.54, 1.807) is 4.31 Å². The molecule has 2 unspecified atom stereocenters. The Morgan fingerprint density at radius 2 is 2.15 bits per heavy atom. The summed E-state index contributed by atoms with van der Waals surface area (Å²) in [6.07, 6.45) is 3.71. The number of carbonyl (C=O) groups is 1. The Kier molecular flexibility index (Phi) is 6.32. The second-order valence-corrected chi connectivity index (χ2v) is 9.47. The third kappa shape index (κ3) is 5.05. The van der Waals surface area contributed by atoms with E-state index in [1.165, 1.54) is 0 Å². The van der Waals surface area contributed by atoms with Crippen LogP contribution in [0.1, 0.15) is 36.8 Å². The summed E-state index contributed by atoms with van der Waals surface area (Å²) in [6.45, 7) is 4.48. The fourth-order valence-corrected chi connectivity index (χ4v) is 5.46. The lowest BCUT2D eigenvalue weighted by atomic mass is 9.99. The van der Waals surface area contributed by atoms with Crippen LogP contribution in [0.5, 0.6) is 0 Å². The Labute approximate surface area is 156 Å². The maximum absolute atomic E-state index is 12.8. The van der Waals surface area contributed by atoms with Crippen LogP contribution in [0, 0.1) is 12.8 Å². The molecular formula is C19H29N3O3S. The summed E-state index contributed by atoms with van der Waals surface area (Å²) in [7, 11) is -3.33. The van der Waals surface area contributed by atoms with Gasteiger partial charge in [0, 0.05) is 19.6 Å². The first kappa shape index (κ1) is 19.3. The molecule has 1 amide bonds. The van der Waals surface area contributed by atoms with Crippen LogP contribution in [-0.4, -0.2) is 50.9 Å². The Balaban J connectivity index is 1.54. The summed E-state index contributed by atoms with van der Waals surface area (Å²) in [5.74, 6) is 0.267. The highest BCUT2D eigenvalue weighted by molar-refractivity contribution is 7.88. The molecule has 2 fully saturated rings. The molecular weight excluding hydrogens is 350 g/mol. The SMILES string of the molecule is Cc1cccc(CS(=O)(=O)N2CCCC(CNC(=O)C3CCCN3)C2)c1. The predicted octanol–water partition coefficient (Wildman–Crippen LogP) is 1.41. The molecule has 2 saturated heterocycles. The van der Waals surface area contributed by atoms with Gasteiger partial charge in [-0.25, -0.2) is 12.7 Å². The van der Waals surface area contributed by atoms with Crippen LogP contribution in [0.15, 0.2) is 24.3 Å². The number of piperidine rings is 1. The van der Waals surface area contributed by atoms with Gasteiger partial charge in [0.05, 0.1) is 11.8 Å². The molecule has 2 aliphatic rings. The molecule has 1 aromatic carbocycles.